The number of ether oxygens (including phenoxy) is 2. The Labute approximate surface area is 220 Å². The monoisotopic (exact) mass is 523 g/mol. The molecule has 0 aliphatic carbocycles. The molecule has 9 heteroatoms. The van der Waals surface area contributed by atoms with Gasteiger partial charge in [0.2, 0.25) is 0 Å². The normalized spacial score (nSPS) is 29.5. The average Bonchev–Trinajstić information content (AvgIpc) is 2.82. The second-order valence-corrected chi connectivity index (χ2v) is 10.1. The number of carboxylic acid groups (broad SMARTS) is 1. The van der Waals surface area contributed by atoms with Crippen molar-refractivity contribution in [2.24, 2.45) is 17.8 Å². The lowest BCUT2D eigenvalue weighted by molar-refractivity contribution is -0.151. The number of aliphatic carboxylic acids is 1. The highest BCUT2D eigenvalue weighted by atomic mass is 16.6. The second kappa shape index (κ2) is 15.6. The van der Waals surface area contributed by atoms with E-state index in [0.717, 1.165) is 5.57 Å². The lowest BCUT2D eigenvalue weighted by Crippen LogP contribution is -2.37. The standard InChI is InChI=1S/C28H45NO8/c1-7-29(8-2)27(34)36-18-19(3)10-9-11-20(4)26-21(5)12-13-22(16-24(31)32)28(6,35)15-14-23(30)17-25(33)37-26/h9-13,19,21-23,26,30,35H,7-8,14-18H2,1-6H3,(H,31,32)/b10-9+,13-12+,20-11+/t19-,21+,22-,23-,26-,28-/m1/s1. The number of carbonyl (C=O) groups is 3. The number of allylic oxidation sites excluding steroid dienone is 2. The molecular formula is C28H45NO8. The van der Waals surface area contributed by atoms with E-state index < -0.39 is 35.7 Å². The van der Waals surface area contributed by atoms with Crippen molar-refractivity contribution in [3.05, 3.63) is 36.0 Å². The van der Waals surface area contributed by atoms with E-state index in [9.17, 15) is 29.7 Å². The Bertz CT molecular complexity index is 843. The van der Waals surface area contributed by atoms with Crippen molar-refractivity contribution in [1.29, 1.82) is 0 Å². The molecule has 37 heavy (non-hydrogen) atoms. The van der Waals surface area contributed by atoms with Crippen molar-refractivity contribution in [3.63, 3.8) is 0 Å². The van der Waals surface area contributed by atoms with E-state index in [2.05, 4.69) is 0 Å². The third kappa shape index (κ3) is 11.5. The van der Waals surface area contributed by atoms with Gasteiger partial charge >= 0.3 is 18.0 Å². The number of carbonyl (C=O) groups excluding carboxylic acids is 2. The molecule has 1 aliphatic heterocycles. The Morgan fingerprint density at radius 3 is 2.54 bits per heavy atom. The summed E-state index contributed by atoms with van der Waals surface area (Å²) >= 11 is 0. The third-order valence-corrected chi connectivity index (χ3v) is 6.70. The lowest BCUT2D eigenvalue weighted by Gasteiger charge is -2.32. The quantitative estimate of drug-likeness (QED) is 0.234. The molecule has 210 valence electrons. The highest BCUT2D eigenvalue weighted by molar-refractivity contribution is 5.70. The Hall–Kier alpha value is -2.65. The van der Waals surface area contributed by atoms with E-state index >= 15 is 0 Å². The van der Waals surface area contributed by atoms with Crippen LogP contribution >= 0.6 is 0 Å². The van der Waals surface area contributed by atoms with E-state index in [0.29, 0.717) is 13.1 Å². The number of cyclic esters (lactones) is 1. The van der Waals surface area contributed by atoms with E-state index in [4.69, 9.17) is 9.47 Å². The molecule has 0 bridgehead atoms. The zero-order valence-corrected chi connectivity index (χ0v) is 23.1. The largest absolute Gasteiger partial charge is 0.481 e. The van der Waals surface area contributed by atoms with Gasteiger partial charge in [0.15, 0.2) is 0 Å². The van der Waals surface area contributed by atoms with Gasteiger partial charge in [0.1, 0.15) is 6.10 Å². The van der Waals surface area contributed by atoms with Gasteiger partial charge in [-0.2, -0.15) is 0 Å². The summed E-state index contributed by atoms with van der Waals surface area (Å²) in [6.07, 6.45) is 6.78. The highest BCUT2D eigenvalue weighted by Gasteiger charge is 2.34. The molecule has 6 atom stereocenters. The summed E-state index contributed by atoms with van der Waals surface area (Å²) in [6.45, 7) is 12.3. The molecule has 1 aliphatic rings. The molecule has 0 spiro atoms. The maximum atomic E-state index is 12.5. The average molecular weight is 524 g/mol. The van der Waals surface area contributed by atoms with Crippen LogP contribution in [0.4, 0.5) is 4.79 Å². The fourth-order valence-corrected chi connectivity index (χ4v) is 4.16. The number of rotatable bonds is 9. The van der Waals surface area contributed by atoms with Crippen molar-refractivity contribution in [2.75, 3.05) is 19.7 Å². The number of nitrogens with zero attached hydrogens (tertiary/aromatic N) is 1. The summed E-state index contributed by atoms with van der Waals surface area (Å²) in [5.74, 6) is -2.59. The zero-order chi connectivity index (χ0) is 28.2. The van der Waals surface area contributed by atoms with Crippen LogP contribution in [0, 0.1) is 17.8 Å². The number of hydrogen-bond acceptors (Lipinski definition) is 7. The first-order valence-corrected chi connectivity index (χ1v) is 13.1. The first kappa shape index (κ1) is 32.4. The smallest absolute Gasteiger partial charge is 0.409 e. The van der Waals surface area contributed by atoms with Crippen LogP contribution in [0.2, 0.25) is 0 Å². The summed E-state index contributed by atoms with van der Waals surface area (Å²) in [5.41, 5.74) is -0.602. The molecule has 1 heterocycles. The summed E-state index contributed by atoms with van der Waals surface area (Å²) in [4.78, 5) is 37.6. The third-order valence-electron chi connectivity index (χ3n) is 6.70. The van der Waals surface area contributed by atoms with E-state index in [1.54, 1.807) is 24.0 Å². The van der Waals surface area contributed by atoms with Crippen LogP contribution in [-0.2, 0) is 19.1 Å². The van der Waals surface area contributed by atoms with Gasteiger partial charge in [0, 0.05) is 30.8 Å². The Morgan fingerprint density at radius 1 is 1.30 bits per heavy atom. The topological polar surface area (TPSA) is 134 Å². The van der Waals surface area contributed by atoms with Crippen LogP contribution in [0.25, 0.3) is 0 Å². The maximum Gasteiger partial charge on any atom is 0.409 e. The molecule has 0 aromatic heterocycles. The number of carboxylic acids is 1. The van der Waals surface area contributed by atoms with Crippen LogP contribution in [0.15, 0.2) is 36.0 Å². The molecule has 0 radical (unpaired) electrons. The number of hydrogen-bond donors (Lipinski definition) is 3. The summed E-state index contributed by atoms with van der Waals surface area (Å²) in [5, 5.41) is 30.6. The molecule has 3 N–H and O–H groups in total. The Balaban J connectivity index is 3.05. The number of aliphatic hydroxyl groups is 2. The molecule has 0 saturated heterocycles. The predicted octanol–water partition coefficient (Wildman–Crippen LogP) is 4.09. The van der Waals surface area contributed by atoms with Crippen LogP contribution in [0.1, 0.15) is 67.2 Å². The molecule has 0 aromatic carbocycles. The molecule has 1 rings (SSSR count). The van der Waals surface area contributed by atoms with E-state index in [-0.39, 0.29) is 50.2 Å². The van der Waals surface area contributed by atoms with Gasteiger partial charge in [0.25, 0.3) is 0 Å². The van der Waals surface area contributed by atoms with E-state index in [1.165, 1.54) is 0 Å². The second-order valence-electron chi connectivity index (χ2n) is 10.1. The molecule has 9 nitrogen and oxygen atoms in total. The summed E-state index contributed by atoms with van der Waals surface area (Å²) in [7, 11) is 0. The molecule has 0 saturated carbocycles. The van der Waals surface area contributed by atoms with Crippen molar-refractivity contribution < 1.29 is 39.2 Å². The van der Waals surface area contributed by atoms with Crippen molar-refractivity contribution in [2.45, 2.75) is 85.0 Å². The first-order chi connectivity index (χ1) is 17.3. The summed E-state index contributed by atoms with van der Waals surface area (Å²) in [6, 6.07) is 0. The summed E-state index contributed by atoms with van der Waals surface area (Å²) < 4.78 is 11.1. The van der Waals surface area contributed by atoms with Gasteiger partial charge in [-0.3, -0.25) is 9.59 Å². The Morgan fingerprint density at radius 2 is 1.95 bits per heavy atom. The number of aliphatic hydroxyl groups excluding tert-OH is 1. The molecule has 1 amide bonds. The molecule has 0 unspecified atom stereocenters. The van der Waals surface area contributed by atoms with Gasteiger partial charge in [0.05, 0.1) is 31.2 Å². The fraction of sp³-hybridized carbons (Fsp3) is 0.679. The Kier molecular flexibility index (Phi) is 13.6. The SMILES string of the molecule is CCN(CC)C(=O)OC[C@H](C)/C=C/C=C(\C)[C@H]1OC(=O)C[C@H](O)CC[C@@](C)(O)[C@@H](CC(=O)O)/C=C/[C@@H]1C. The number of esters is 1. The van der Waals surface area contributed by atoms with Crippen LogP contribution < -0.4 is 0 Å². The van der Waals surface area contributed by atoms with Crippen molar-refractivity contribution >= 4 is 18.0 Å². The lowest BCUT2D eigenvalue weighted by atomic mass is 9.80. The maximum absolute atomic E-state index is 12.5. The van der Waals surface area contributed by atoms with Gasteiger partial charge in [-0.05, 0) is 46.1 Å². The minimum atomic E-state index is -1.35. The van der Waals surface area contributed by atoms with Crippen molar-refractivity contribution in [3.8, 4) is 0 Å². The van der Waals surface area contributed by atoms with Gasteiger partial charge < -0.3 is 29.7 Å². The molecular weight excluding hydrogens is 478 g/mol. The minimum Gasteiger partial charge on any atom is -0.481 e. The van der Waals surface area contributed by atoms with Gasteiger partial charge in [-0.1, -0.05) is 44.2 Å². The highest BCUT2D eigenvalue weighted by Crippen LogP contribution is 2.30. The van der Waals surface area contributed by atoms with Crippen LogP contribution in [-0.4, -0.2) is 75.8 Å². The van der Waals surface area contributed by atoms with Gasteiger partial charge in [-0.15, -0.1) is 0 Å². The van der Waals surface area contributed by atoms with Crippen molar-refractivity contribution in [1.82, 2.24) is 4.90 Å². The molecule has 0 aromatic rings. The minimum absolute atomic E-state index is 0.0334. The van der Waals surface area contributed by atoms with E-state index in [1.807, 2.05) is 52.8 Å². The first-order valence-electron chi connectivity index (χ1n) is 13.1. The van der Waals surface area contributed by atoms with Crippen LogP contribution in [0.3, 0.4) is 0 Å². The van der Waals surface area contributed by atoms with Gasteiger partial charge in [-0.25, -0.2) is 4.79 Å². The fourth-order valence-electron chi connectivity index (χ4n) is 4.16. The van der Waals surface area contributed by atoms with Crippen LogP contribution in [0.5, 0.6) is 0 Å². The number of amides is 1. The zero-order valence-electron chi connectivity index (χ0n) is 23.1. The molecule has 0 fully saturated rings. The predicted molar refractivity (Wildman–Crippen MR) is 141 cm³/mol.